The predicted molar refractivity (Wildman–Crippen MR) is 106 cm³/mol. The van der Waals surface area contributed by atoms with Crippen molar-refractivity contribution >= 4 is 27.2 Å². The van der Waals surface area contributed by atoms with Crippen LogP contribution >= 0.6 is 0 Å². The average molecular weight is 441 g/mol. The van der Waals surface area contributed by atoms with E-state index in [0.29, 0.717) is 19.0 Å². The highest BCUT2D eigenvalue weighted by atomic mass is 32.2. The highest BCUT2D eigenvalue weighted by Crippen LogP contribution is 2.22. The predicted octanol–water partition coefficient (Wildman–Crippen LogP) is 1.15. The van der Waals surface area contributed by atoms with Gasteiger partial charge in [0.2, 0.25) is 9.84 Å². The van der Waals surface area contributed by atoms with E-state index < -0.39 is 26.4 Å². The number of aromatic nitrogens is 2. The molecule has 0 spiro atoms. The van der Waals surface area contributed by atoms with Gasteiger partial charge >= 0.3 is 5.76 Å². The number of amides is 1. The number of carbonyl (C=O) groups is 1. The van der Waals surface area contributed by atoms with Crippen LogP contribution in [0, 0.1) is 0 Å². The molecule has 1 aromatic carbocycles. The van der Waals surface area contributed by atoms with Crippen LogP contribution in [-0.2, 0) is 14.6 Å². The SMILES string of the molecule is O=C(NCCNc1cc(N2CCOCC2)cnn1)c1ccccc1S(=O)(=O)C(F)F. The van der Waals surface area contributed by atoms with E-state index in [1.54, 1.807) is 6.20 Å². The van der Waals surface area contributed by atoms with Crippen molar-refractivity contribution in [1.82, 2.24) is 15.5 Å². The van der Waals surface area contributed by atoms with Gasteiger partial charge in [-0.1, -0.05) is 12.1 Å². The Morgan fingerprint density at radius 2 is 1.93 bits per heavy atom. The minimum Gasteiger partial charge on any atom is -0.378 e. The molecule has 1 amide bonds. The summed E-state index contributed by atoms with van der Waals surface area (Å²) in [5.41, 5.74) is 0.567. The van der Waals surface area contributed by atoms with Crippen molar-refractivity contribution in [3.8, 4) is 0 Å². The molecule has 2 N–H and O–H groups in total. The maximum absolute atomic E-state index is 12.9. The molecule has 3 rings (SSSR count). The first-order valence-corrected chi connectivity index (χ1v) is 10.7. The molecule has 12 heteroatoms. The molecule has 1 saturated heterocycles. The summed E-state index contributed by atoms with van der Waals surface area (Å²) in [5, 5.41) is 13.5. The van der Waals surface area contributed by atoms with Gasteiger partial charge in [0.25, 0.3) is 5.91 Å². The molecule has 0 unspecified atom stereocenters. The Morgan fingerprint density at radius 1 is 1.20 bits per heavy atom. The van der Waals surface area contributed by atoms with E-state index in [-0.39, 0.29) is 18.7 Å². The Morgan fingerprint density at radius 3 is 2.67 bits per heavy atom. The van der Waals surface area contributed by atoms with Crippen LogP contribution in [0.25, 0.3) is 0 Å². The van der Waals surface area contributed by atoms with Crippen LogP contribution in [0.4, 0.5) is 20.3 Å². The van der Waals surface area contributed by atoms with Crippen LogP contribution in [0.3, 0.4) is 0 Å². The summed E-state index contributed by atoms with van der Waals surface area (Å²) in [6, 6.07) is 6.69. The summed E-state index contributed by atoms with van der Waals surface area (Å²) in [5.74, 6) is -3.86. The van der Waals surface area contributed by atoms with Crippen molar-refractivity contribution in [2.24, 2.45) is 0 Å². The van der Waals surface area contributed by atoms with E-state index in [9.17, 15) is 22.0 Å². The number of alkyl halides is 2. The van der Waals surface area contributed by atoms with Gasteiger partial charge in [0, 0.05) is 32.2 Å². The second-order valence-electron chi connectivity index (χ2n) is 6.38. The molecule has 0 radical (unpaired) electrons. The lowest BCUT2D eigenvalue weighted by atomic mass is 10.2. The smallest absolute Gasteiger partial charge is 0.341 e. The third-order valence-electron chi connectivity index (χ3n) is 4.41. The van der Waals surface area contributed by atoms with Gasteiger partial charge < -0.3 is 20.3 Å². The van der Waals surface area contributed by atoms with Crippen LogP contribution in [0.2, 0.25) is 0 Å². The van der Waals surface area contributed by atoms with Crippen molar-refractivity contribution in [2.75, 3.05) is 49.6 Å². The molecule has 1 aliphatic rings. The molecule has 1 aromatic heterocycles. The van der Waals surface area contributed by atoms with Crippen molar-refractivity contribution in [3.63, 3.8) is 0 Å². The van der Waals surface area contributed by atoms with Crippen LogP contribution in [0.5, 0.6) is 0 Å². The summed E-state index contributed by atoms with van der Waals surface area (Å²) in [6.07, 6.45) is 1.65. The number of carbonyl (C=O) groups excluding carboxylic acids is 1. The van der Waals surface area contributed by atoms with Gasteiger partial charge in [-0.3, -0.25) is 4.79 Å². The maximum Gasteiger partial charge on any atom is 0.341 e. The minimum atomic E-state index is -4.88. The molecule has 0 aliphatic carbocycles. The lowest BCUT2D eigenvalue weighted by Crippen LogP contribution is -2.36. The fourth-order valence-corrected chi connectivity index (χ4v) is 3.82. The van der Waals surface area contributed by atoms with Gasteiger partial charge in [-0.15, -0.1) is 5.10 Å². The van der Waals surface area contributed by atoms with Gasteiger partial charge in [-0.05, 0) is 12.1 Å². The van der Waals surface area contributed by atoms with E-state index in [2.05, 4.69) is 25.7 Å². The second kappa shape index (κ2) is 9.76. The lowest BCUT2D eigenvalue weighted by molar-refractivity contribution is 0.0951. The largest absolute Gasteiger partial charge is 0.378 e. The molecular formula is C18H21F2N5O4S. The van der Waals surface area contributed by atoms with Crippen LogP contribution in [0.1, 0.15) is 10.4 Å². The van der Waals surface area contributed by atoms with Crippen LogP contribution in [-0.4, -0.2) is 69.7 Å². The number of anilines is 2. The average Bonchev–Trinajstić information content (AvgIpc) is 2.77. The van der Waals surface area contributed by atoms with Crippen molar-refractivity contribution < 1.29 is 26.7 Å². The van der Waals surface area contributed by atoms with Gasteiger partial charge in [0.05, 0.1) is 35.6 Å². The summed E-state index contributed by atoms with van der Waals surface area (Å²) < 4.78 is 54.6. The third kappa shape index (κ3) is 5.19. The quantitative estimate of drug-likeness (QED) is 0.587. The molecule has 9 nitrogen and oxygen atoms in total. The standard InChI is InChI=1S/C18H21F2N5O4S/c19-18(20)30(27,28)15-4-2-1-3-14(15)17(26)22-6-5-21-16-11-13(12-23-24-16)25-7-9-29-10-8-25/h1-4,11-12,18H,5-10H2,(H,21,24)(H,22,26). The summed E-state index contributed by atoms with van der Waals surface area (Å²) in [6.45, 7) is 3.17. The fraction of sp³-hybridized carbons (Fsp3) is 0.389. The first-order chi connectivity index (χ1) is 14.4. The number of nitrogens with one attached hydrogen (secondary N) is 2. The minimum absolute atomic E-state index is 0.116. The number of ether oxygens (including phenoxy) is 1. The zero-order chi connectivity index (χ0) is 21.6. The number of sulfone groups is 1. The number of benzene rings is 1. The first-order valence-electron chi connectivity index (χ1n) is 9.18. The Hall–Kier alpha value is -2.86. The summed E-state index contributed by atoms with van der Waals surface area (Å²) in [7, 11) is -4.88. The zero-order valence-corrected chi connectivity index (χ0v) is 16.7. The topological polar surface area (TPSA) is 114 Å². The molecule has 0 saturated carbocycles. The number of halogens is 2. The van der Waals surface area contributed by atoms with E-state index in [1.807, 2.05) is 6.07 Å². The van der Waals surface area contributed by atoms with Gasteiger partial charge in [-0.2, -0.15) is 13.9 Å². The lowest BCUT2D eigenvalue weighted by Gasteiger charge is -2.28. The molecule has 2 heterocycles. The Labute approximate surface area is 172 Å². The Bertz CT molecular complexity index is 984. The molecule has 162 valence electrons. The number of morpholine rings is 1. The van der Waals surface area contributed by atoms with Crippen LogP contribution < -0.4 is 15.5 Å². The summed E-state index contributed by atoms with van der Waals surface area (Å²) in [4.78, 5) is 13.7. The third-order valence-corrected chi connectivity index (χ3v) is 5.84. The van der Waals surface area contributed by atoms with Crippen molar-refractivity contribution in [1.29, 1.82) is 0 Å². The number of hydrogen-bond acceptors (Lipinski definition) is 8. The van der Waals surface area contributed by atoms with Gasteiger partial charge in [-0.25, -0.2) is 8.42 Å². The molecule has 1 fully saturated rings. The summed E-state index contributed by atoms with van der Waals surface area (Å²) >= 11 is 0. The van der Waals surface area contributed by atoms with Gasteiger partial charge in [0.15, 0.2) is 5.82 Å². The highest BCUT2D eigenvalue weighted by molar-refractivity contribution is 7.91. The van der Waals surface area contributed by atoms with E-state index in [0.717, 1.165) is 24.8 Å². The van der Waals surface area contributed by atoms with Crippen LogP contribution in [0.15, 0.2) is 41.4 Å². The fourth-order valence-electron chi connectivity index (χ4n) is 2.90. The van der Waals surface area contributed by atoms with E-state index in [1.165, 1.54) is 18.2 Å². The molecule has 1 aliphatic heterocycles. The number of hydrogen-bond donors (Lipinski definition) is 2. The molecule has 2 aromatic rings. The number of nitrogens with zero attached hydrogens (tertiary/aromatic N) is 3. The number of rotatable bonds is 8. The Kier molecular flexibility index (Phi) is 7.11. The normalized spacial score (nSPS) is 14.6. The maximum atomic E-state index is 12.9. The molecule has 30 heavy (non-hydrogen) atoms. The first kappa shape index (κ1) is 21.8. The highest BCUT2D eigenvalue weighted by Gasteiger charge is 2.30. The second-order valence-corrected chi connectivity index (χ2v) is 8.27. The van der Waals surface area contributed by atoms with Crippen molar-refractivity contribution in [3.05, 3.63) is 42.1 Å². The van der Waals surface area contributed by atoms with E-state index in [4.69, 9.17) is 4.74 Å². The Balaban J connectivity index is 1.56. The molecule has 0 atom stereocenters. The molecule has 0 bridgehead atoms. The van der Waals surface area contributed by atoms with E-state index >= 15 is 0 Å². The zero-order valence-electron chi connectivity index (χ0n) is 15.9. The molecular weight excluding hydrogens is 420 g/mol. The van der Waals surface area contributed by atoms with Gasteiger partial charge in [0.1, 0.15) is 0 Å². The monoisotopic (exact) mass is 441 g/mol. The van der Waals surface area contributed by atoms with Crippen molar-refractivity contribution in [2.45, 2.75) is 10.7 Å².